The van der Waals surface area contributed by atoms with Crippen molar-refractivity contribution in [3.63, 3.8) is 0 Å². The quantitative estimate of drug-likeness (QED) is 0.602. The van der Waals surface area contributed by atoms with Gasteiger partial charge in [-0.25, -0.2) is 14.8 Å². The van der Waals surface area contributed by atoms with Crippen molar-refractivity contribution in [1.82, 2.24) is 24.4 Å². The Hall–Kier alpha value is -3.00. The van der Waals surface area contributed by atoms with E-state index in [0.717, 1.165) is 39.1 Å². The molecule has 0 aliphatic carbocycles. The minimum absolute atomic E-state index is 0.312. The van der Waals surface area contributed by atoms with Gasteiger partial charge >= 0.3 is 5.97 Å². The summed E-state index contributed by atoms with van der Waals surface area (Å²) in [7, 11) is 2.09. The van der Waals surface area contributed by atoms with E-state index in [4.69, 9.17) is 4.74 Å². The summed E-state index contributed by atoms with van der Waals surface area (Å²) >= 11 is 0. The van der Waals surface area contributed by atoms with Gasteiger partial charge in [0, 0.05) is 81.6 Å². The number of aromatic nitrogens is 4. The van der Waals surface area contributed by atoms with Gasteiger partial charge in [0.25, 0.3) is 0 Å². The lowest BCUT2D eigenvalue weighted by Gasteiger charge is -2.48. The van der Waals surface area contributed by atoms with Crippen LogP contribution in [-0.2, 0) is 18.3 Å². The van der Waals surface area contributed by atoms with Crippen molar-refractivity contribution in [1.29, 1.82) is 0 Å². The smallest absolute Gasteiger partial charge is 0.341 e. The molecule has 0 N–H and O–H groups in total. The number of esters is 1. The molecular formula is C22H26N6O2. The molecule has 2 fully saturated rings. The van der Waals surface area contributed by atoms with Crippen LogP contribution in [0.3, 0.4) is 0 Å². The molecule has 0 amide bonds. The van der Waals surface area contributed by atoms with Crippen molar-refractivity contribution in [2.45, 2.75) is 19.9 Å². The Labute approximate surface area is 175 Å². The predicted molar refractivity (Wildman–Crippen MR) is 113 cm³/mol. The summed E-state index contributed by atoms with van der Waals surface area (Å²) in [4.78, 5) is 29.6. The first-order valence-electron chi connectivity index (χ1n) is 10.4. The van der Waals surface area contributed by atoms with Gasteiger partial charge in [-0.2, -0.15) is 0 Å². The number of nitrogens with zero attached hydrogens (tertiary/aromatic N) is 6. The maximum atomic E-state index is 11.8. The molecule has 0 radical (unpaired) electrons. The number of likely N-dealkylation sites (tertiary alicyclic amines) is 1. The second-order valence-corrected chi connectivity index (χ2v) is 8.47. The average Bonchev–Trinajstić information content (AvgIpc) is 3.31. The zero-order valence-corrected chi connectivity index (χ0v) is 17.4. The first-order chi connectivity index (χ1) is 14.6. The summed E-state index contributed by atoms with van der Waals surface area (Å²) in [5.41, 5.74) is 3.27. The number of rotatable bonds is 5. The molecule has 2 aliphatic rings. The third-order valence-corrected chi connectivity index (χ3v) is 6.26. The van der Waals surface area contributed by atoms with Gasteiger partial charge in [0.1, 0.15) is 0 Å². The van der Waals surface area contributed by atoms with Crippen molar-refractivity contribution >= 4 is 22.8 Å². The van der Waals surface area contributed by atoms with E-state index in [1.807, 2.05) is 12.4 Å². The fourth-order valence-corrected chi connectivity index (χ4v) is 4.86. The maximum Gasteiger partial charge on any atom is 0.341 e. The second kappa shape index (κ2) is 7.36. The Balaban J connectivity index is 1.20. The topological polar surface area (TPSA) is 76.4 Å². The molecule has 3 aromatic heterocycles. The molecule has 8 heteroatoms. The molecule has 30 heavy (non-hydrogen) atoms. The highest BCUT2D eigenvalue weighted by molar-refractivity contribution is 5.88. The number of aryl methyl sites for hydroxylation is 1. The monoisotopic (exact) mass is 406 g/mol. The molecule has 156 valence electrons. The number of hydrogen-bond acceptors (Lipinski definition) is 7. The average molecular weight is 406 g/mol. The van der Waals surface area contributed by atoms with Gasteiger partial charge in [0.05, 0.1) is 17.7 Å². The Morgan fingerprint density at radius 2 is 2.00 bits per heavy atom. The number of fused-ring (bicyclic) bond motifs is 1. The Morgan fingerprint density at radius 1 is 1.20 bits per heavy atom. The van der Waals surface area contributed by atoms with Crippen LogP contribution in [0.15, 0.2) is 37.1 Å². The molecule has 1 spiro atoms. The van der Waals surface area contributed by atoms with Crippen molar-refractivity contribution in [2.75, 3.05) is 37.7 Å². The number of hydrogen-bond donors (Lipinski definition) is 0. The van der Waals surface area contributed by atoms with Crippen molar-refractivity contribution in [2.24, 2.45) is 12.5 Å². The minimum atomic E-state index is -0.375. The lowest BCUT2D eigenvalue weighted by molar-refractivity contribution is 0.0119. The fourth-order valence-electron chi connectivity index (χ4n) is 4.86. The highest BCUT2D eigenvalue weighted by atomic mass is 16.5. The summed E-state index contributed by atoms with van der Waals surface area (Å²) < 4.78 is 7.18. The minimum Gasteiger partial charge on any atom is -0.462 e. The van der Waals surface area contributed by atoms with Gasteiger partial charge in [-0.3, -0.25) is 9.88 Å². The third kappa shape index (κ3) is 3.31. The highest BCUT2D eigenvalue weighted by Gasteiger charge is 2.48. The van der Waals surface area contributed by atoms with Gasteiger partial charge in [-0.15, -0.1) is 0 Å². The molecule has 2 saturated heterocycles. The van der Waals surface area contributed by atoms with E-state index < -0.39 is 0 Å². The highest BCUT2D eigenvalue weighted by Crippen LogP contribution is 2.41. The van der Waals surface area contributed by atoms with Gasteiger partial charge in [0.15, 0.2) is 0 Å². The SMILES string of the molecule is CCOC(=O)c1cnc(N2CCC3(CN(Cc4cn(C)c5ccncc45)C3)C2)nc1. The molecule has 0 bridgehead atoms. The van der Waals surface area contributed by atoms with Crippen LogP contribution in [0.1, 0.15) is 29.3 Å². The first-order valence-corrected chi connectivity index (χ1v) is 10.4. The van der Waals surface area contributed by atoms with Gasteiger partial charge in [-0.05, 0) is 25.0 Å². The number of carbonyl (C=O) groups is 1. The summed E-state index contributed by atoms with van der Waals surface area (Å²) in [5, 5.41) is 1.24. The molecule has 0 unspecified atom stereocenters. The summed E-state index contributed by atoms with van der Waals surface area (Å²) in [6.45, 7) is 7.17. The molecule has 0 aromatic carbocycles. The lowest BCUT2D eigenvalue weighted by Crippen LogP contribution is -2.56. The van der Waals surface area contributed by atoms with Crippen LogP contribution < -0.4 is 4.90 Å². The number of pyridine rings is 1. The van der Waals surface area contributed by atoms with E-state index in [9.17, 15) is 4.79 Å². The molecule has 2 aliphatic heterocycles. The van der Waals surface area contributed by atoms with Crippen LogP contribution in [0, 0.1) is 5.41 Å². The van der Waals surface area contributed by atoms with Crippen LogP contribution in [0.4, 0.5) is 5.95 Å². The number of ether oxygens (including phenoxy) is 1. The zero-order chi connectivity index (χ0) is 20.7. The van der Waals surface area contributed by atoms with E-state index in [1.165, 1.54) is 16.5 Å². The Morgan fingerprint density at radius 3 is 2.77 bits per heavy atom. The molecule has 3 aromatic rings. The zero-order valence-electron chi connectivity index (χ0n) is 17.4. The van der Waals surface area contributed by atoms with E-state index in [-0.39, 0.29) is 5.97 Å². The third-order valence-electron chi connectivity index (χ3n) is 6.26. The van der Waals surface area contributed by atoms with E-state index in [1.54, 1.807) is 19.3 Å². The normalized spacial score (nSPS) is 18.1. The lowest BCUT2D eigenvalue weighted by atomic mass is 9.79. The second-order valence-electron chi connectivity index (χ2n) is 8.47. The van der Waals surface area contributed by atoms with Crippen molar-refractivity contribution in [3.8, 4) is 0 Å². The van der Waals surface area contributed by atoms with Crippen LogP contribution >= 0.6 is 0 Å². The van der Waals surface area contributed by atoms with Crippen molar-refractivity contribution < 1.29 is 9.53 Å². The summed E-state index contributed by atoms with van der Waals surface area (Å²) in [6.07, 6.45) is 10.3. The van der Waals surface area contributed by atoms with Crippen LogP contribution in [-0.4, -0.2) is 63.2 Å². The standard InChI is InChI=1S/C22H26N6O2/c1-3-30-20(29)16-8-24-21(25-9-16)28-7-5-22(15-28)13-27(14-22)12-17-11-26(2)19-4-6-23-10-18(17)19/h4,6,8-11H,3,5,7,12-15H2,1-2H3. The van der Waals surface area contributed by atoms with Crippen LogP contribution in [0.2, 0.25) is 0 Å². The maximum absolute atomic E-state index is 11.8. The molecule has 8 nitrogen and oxygen atoms in total. The largest absolute Gasteiger partial charge is 0.462 e. The fraction of sp³-hybridized carbons (Fsp3) is 0.455. The van der Waals surface area contributed by atoms with Gasteiger partial charge in [0.2, 0.25) is 5.95 Å². The molecule has 0 atom stereocenters. The van der Waals surface area contributed by atoms with Crippen molar-refractivity contribution in [3.05, 3.63) is 48.2 Å². The van der Waals surface area contributed by atoms with Crippen LogP contribution in [0.5, 0.6) is 0 Å². The van der Waals surface area contributed by atoms with E-state index >= 15 is 0 Å². The van der Waals surface area contributed by atoms with Gasteiger partial charge in [-0.1, -0.05) is 0 Å². The van der Waals surface area contributed by atoms with Gasteiger partial charge < -0.3 is 14.2 Å². The Kier molecular flexibility index (Phi) is 4.66. The van der Waals surface area contributed by atoms with Crippen LogP contribution in [0.25, 0.3) is 10.9 Å². The van der Waals surface area contributed by atoms with E-state index in [0.29, 0.717) is 23.5 Å². The summed E-state index contributed by atoms with van der Waals surface area (Å²) in [5.74, 6) is 0.318. The number of carbonyl (C=O) groups excluding carboxylic acids is 1. The molecule has 5 rings (SSSR count). The van der Waals surface area contributed by atoms with E-state index in [2.05, 4.69) is 48.6 Å². The molecule has 5 heterocycles. The summed E-state index contributed by atoms with van der Waals surface area (Å²) in [6, 6.07) is 2.07. The number of anilines is 1. The predicted octanol–water partition coefficient (Wildman–Crippen LogP) is 2.25. The molecule has 0 saturated carbocycles. The molecular weight excluding hydrogens is 380 g/mol. The Bertz CT molecular complexity index is 1070. The first kappa shape index (κ1) is 19.0.